The molecule has 2 nitrogen and oxygen atoms in total. The molecule has 1 heterocycles. The highest BCUT2D eigenvalue weighted by Gasteiger charge is 2.31. The van der Waals surface area contributed by atoms with Crippen molar-refractivity contribution in [3.05, 3.63) is 0 Å². The second kappa shape index (κ2) is 7.33. The molecule has 0 spiro atoms. The third-order valence-corrected chi connectivity index (χ3v) is 5.93. The Labute approximate surface area is 124 Å². The molecule has 0 aromatic rings. The smallest absolute Gasteiger partial charge is 0.0149 e. The van der Waals surface area contributed by atoms with Gasteiger partial charge in [0, 0.05) is 36.2 Å². The van der Waals surface area contributed by atoms with Crippen molar-refractivity contribution in [1.29, 1.82) is 0 Å². The molecule has 1 aliphatic heterocycles. The fraction of sp³-hybridized carbons (Fsp3) is 1.00. The van der Waals surface area contributed by atoms with Crippen molar-refractivity contribution in [3.8, 4) is 0 Å². The lowest BCUT2D eigenvalue weighted by Gasteiger charge is -2.41. The fourth-order valence-corrected chi connectivity index (χ4v) is 5.38. The molecule has 5 unspecified atom stereocenters. The first-order chi connectivity index (χ1) is 9.08. The molecule has 3 heteroatoms. The highest BCUT2D eigenvalue weighted by molar-refractivity contribution is 8.00. The van der Waals surface area contributed by atoms with Crippen LogP contribution in [0.5, 0.6) is 0 Å². The summed E-state index contributed by atoms with van der Waals surface area (Å²) in [4.78, 5) is 2.74. The molecule has 0 amide bonds. The van der Waals surface area contributed by atoms with Crippen LogP contribution in [0.1, 0.15) is 47.0 Å². The van der Waals surface area contributed by atoms with Gasteiger partial charge in [-0.05, 0) is 37.6 Å². The molecule has 5 atom stereocenters. The maximum absolute atomic E-state index is 3.74. The van der Waals surface area contributed by atoms with E-state index in [1.54, 1.807) is 0 Å². The van der Waals surface area contributed by atoms with E-state index in [4.69, 9.17) is 0 Å². The van der Waals surface area contributed by atoms with Crippen molar-refractivity contribution in [3.63, 3.8) is 0 Å². The van der Waals surface area contributed by atoms with Crippen molar-refractivity contribution in [2.75, 3.05) is 26.2 Å². The molecular weight excluding hydrogens is 252 g/mol. The number of hydrogen-bond donors (Lipinski definition) is 1. The summed E-state index contributed by atoms with van der Waals surface area (Å²) in [6.45, 7) is 14.5. The number of rotatable bonds is 4. The maximum atomic E-state index is 3.74. The van der Waals surface area contributed by atoms with E-state index in [1.165, 1.54) is 38.9 Å². The third kappa shape index (κ3) is 4.64. The normalized spacial score (nSPS) is 41.4. The van der Waals surface area contributed by atoms with Gasteiger partial charge in [-0.1, -0.05) is 27.7 Å². The topological polar surface area (TPSA) is 15.3 Å². The Morgan fingerprint density at radius 3 is 2.42 bits per heavy atom. The van der Waals surface area contributed by atoms with Crippen molar-refractivity contribution >= 4 is 11.8 Å². The van der Waals surface area contributed by atoms with E-state index in [0.29, 0.717) is 0 Å². The van der Waals surface area contributed by atoms with E-state index in [-0.39, 0.29) is 0 Å². The van der Waals surface area contributed by atoms with Crippen LogP contribution < -0.4 is 5.32 Å². The first-order valence-electron chi connectivity index (χ1n) is 8.19. The van der Waals surface area contributed by atoms with Crippen LogP contribution in [-0.2, 0) is 0 Å². The maximum Gasteiger partial charge on any atom is 0.0149 e. The first-order valence-corrected chi connectivity index (χ1v) is 9.14. The summed E-state index contributed by atoms with van der Waals surface area (Å²) in [5.74, 6) is 1.79. The molecule has 112 valence electrons. The Balaban J connectivity index is 1.90. The van der Waals surface area contributed by atoms with Gasteiger partial charge in [-0.15, -0.1) is 0 Å². The summed E-state index contributed by atoms with van der Waals surface area (Å²) in [5, 5.41) is 5.35. The molecule has 0 radical (unpaired) electrons. The second-order valence-corrected chi connectivity index (χ2v) is 8.70. The lowest BCUT2D eigenvalue weighted by Crippen LogP contribution is -2.49. The standard InChI is InChI=1S/C16H32N2S/c1-5-17-16-7-6-12(2)8-15(16)11-18-9-13(3)19-14(4)10-18/h12-17H,5-11H2,1-4H3. The molecule has 0 bridgehead atoms. The molecule has 19 heavy (non-hydrogen) atoms. The van der Waals surface area contributed by atoms with Gasteiger partial charge < -0.3 is 10.2 Å². The monoisotopic (exact) mass is 284 g/mol. The minimum absolute atomic E-state index is 0.765. The van der Waals surface area contributed by atoms with Crippen LogP contribution in [0, 0.1) is 11.8 Å². The molecule has 2 aliphatic rings. The largest absolute Gasteiger partial charge is 0.314 e. The van der Waals surface area contributed by atoms with E-state index in [2.05, 4.69) is 49.7 Å². The molecule has 0 aromatic carbocycles. The van der Waals surface area contributed by atoms with Gasteiger partial charge in [0.05, 0.1) is 0 Å². The second-order valence-electron chi connectivity index (χ2n) is 6.82. The van der Waals surface area contributed by atoms with Gasteiger partial charge in [0.1, 0.15) is 0 Å². The van der Waals surface area contributed by atoms with E-state index >= 15 is 0 Å². The van der Waals surface area contributed by atoms with Crippen LogP contribution >= 0.6 is 11.8 Å². The van der Waals surface area contributed by atoms with Gasteiger partial charge in [-0.25, -0.2) is 0 Å². The summed E-state index contributed by atoms with van der Waals surface area (Å²) >= 11 is 2.16. The van der Waals surface area contributed by atoms with Gasteiger partial charge >= 0.3 is 0 Å². The van der Waals surface area contributed by atoms with E-state index in [0.717, 1.165) is 34.9 Å². The highest BCUT2D eigenvalue weighted by atomic mass is 32.2. The van der Waals surface area contributed by atoms with Gasteiger partial charge in [0.2, 0.25) is 0 Å². The van der Waals surface area contributed by atoms with Crippen LogP contribution in [0.25, 0.3) is 0 Å². The third-order valence-electron chi connectivity index (χ3n) is 4.70. The van der Waals surface area contributed by atoms with Gasteiger partial charge in [-0.3, -0.25) is 0 Å². The fourth-order valence-electron chi connectivity index (χ4n) is 4.00. The van der Waals surface area contributed by atoms with Crippen molar-refractivity contribution < 1.29 is 0 Å². The first kappa shape index (κ1) is 15.7. The molecule has 1 aliphatic carbocycles. The van der Waals surface area contributed by atoms with Gasteiger partial charge in [0.15, 0.2) is 0 Å². The lowest BCUT2D eigenvalue weighted by atomic mass is 9.78. The molecular formula is C16H32N2S. The minimum atomic E-state index is 0.765. The average molecular weight is 285 g/mol. The van der Waals surface area contributed by atoms with Crippen LogP contribution in [0.4, 0.5) is 0 Å². The molecule has 2 fully saturated rings. The summed E-state index contributed by atoms with van der Waals surface area (Å²) in [5.41, 5.74) is 0. The van der Waals surface area contributed by atoms with Crippen LogP contribution in [0.3, 0.4) is 0 Å². The number of nitrogens with one attached hydrogen (secondary N) is 1. The van der Waals surface area contributed by atoms with Crippen molar-refractivity contribution in [2.45, 2.75) is 63.5 Å². The summed E-state index contributed by atoms with van der Waals surface area (Å²) in [7, 11) is 0. The summed E-state index contributed by atoms with van der Waals surface area (Å²) < 4.78 is 0. The van der Waals surface area contributed by atoms with Gasteiger partial charge in [-0.2, -0.15) is 11.8 Å². The Morgan fingerprint density at radius 1 is 1.11 bits per heavy atom. The Bertz CT molecular complexity index is 261. The number of thioether (sulfide) groups is 1. The zero-order chi connectivity index (χ0) is 13.8. The quantitative estimate of drug-likeness (QED) is 0.853. The predicted octanol–water partition coefficient (Wildman–Crippen LogP) is 3.23. The Hall–Kier alpha value is 0.270. The number of hydrogen-bond acceptors (Lipinski definition) is 3. The van der Waals surface area contributed by atoms with Gasteiger partial charge in [0.25, 0.3) is 0 Å². The van der Waals surface area contributed by atoms with Crippen LogP contribution in [-0.4, -0.2) is 47.6 Å². The van der Waals surface area contributed by atoms with Crippen LogP contribution in [0.15, 0.2) is 0 Å². The minimum Gasteiger partial charge on any atom is -0.314 e. The van der Waals surface area contributed by atoms with Crippen molar-refractivity contribution in [1.82, 2.24) is 10.2 Å². The Morgan fingerprint density at radius 2 is 1.79 bits per heavy atom. The van der Waals surface area contributed by atoms with E-state index < -0.39 is 0 Å². The zero-order valence-electron chi connectivity index (χ0n) is 13.2. The molecule has 1 saturated heterocycles. The van der Waals surface area contributed by atoms with E-state index in [1.807, 2.05) is 0 Å². The number of nitrogens with zero attached hydrogens (tertiary/aromatic N) is 1. The molecule has 2 rings (SSSR count). The van der Waals surface area contributed by atoms with Crippen LogP contribution in [0.2, 0.25) is 0 Å². The summed E-state index contributed by atoms with van der Waals surface area (Å²) in [6.07, 6.45) is 4.22. The lowest BCUT2D eigenvalue weighted by molar-refractivity contribution is 0.144. The Kier molecular flexibility index (Phi) is 6.04. The molecule has 1 N–H and O–H groups in total. The molecule has 1 saturated carbocycles. The zero-order valence-corrected chi connectivity index (χ0v) is 14.0. The van der Waals surface area contributed by atoms with E-state index in [9.17, 15) is 0 Å². The average Bonchev–Trinajstić information content (AvgIpc) is 2.31. The molecule has 0 aromatic heterocycles. The highest BCUT2D eigenvalue weighted by Crippen LogP contribution is 2.32. The predicted molar refractivity (Wildman–Crippen MR) is 86.9 cm³/mol. The SMILES string of the molecule is CCNC1CCC(C)CC1CN1CC(C)SC(C)C1. The summed E-state index contributed by atoms with van der Waals surface area (Å²) in [6, 6.07) is 0.765. The van der Waals surface area contributed by atoms with Crippen molar-refractivity contribution in [2.24, 2.45) is 11.8 Å².